The third-order valence-electron chi connectivity index (χ3n) is 2.74. The summed E-state index contributed by atoms with van der Waals surface area (Å²) in [6, 6.07) is 5.59. The number of benzene rings is 1. The Morgan fingerprint density at radius 3 is 2.67 bits per heavy atom. The molecule has 2 rings (SSSR count). The van der Waals surface area contributed by atoms with E-state index in [1.54, 1.807) is 13.0 Å². The lowest BCUT2D eigenvalue weighted by Crippen LogP contribution is -2.13. The van der Waals surface area contributed by atoms with Crippen molar-refractivity contribution in [2.24, 2.45) is 0 Å². The third kappa shape index (κ3) is 3.48. The Morgan fingerprint density at radius 1 is 1.33 bits per heavy atom. The van der Waals surface area contributed by atoms with Crippen molar-refractivity contribution < 1.29 is 9.72 Å². The Balaban J connectivity index is 2.28. The van der Waals surface area contributed by atoms with Gasteiger partial charge in [0.2, 0.25) is 0 Å². The number of nitro benzene ring substituents is 1. The quantitative estimate of drug-likeness (QED) is 0.527. The van der Waals surface area contributed by atoms with Gasteiger partial charge in [-0.3, -0.25) is 14.9 Å². The average molecular weight is 326 g/mol. The van der Waals surface area contributed by atoms with Crippen molar-refractivity contribution in [2.45, 2.75) is 6.92 Å². The number of amides is 1. The molecule has 1 amide bonds. The second-order valence-electron chi connectivity index (χ2n) is 4.21. The van der Waals surface area contributed by atoms with Crippen molar-refractivity contribution >= 4 is 40.5 Å². The van der Waals surface area contributed by atoms with E-state index < -0.39 is 10.8 Å². The minimum Gasteiger partial charge on any atom is -0.321 e. The molecule has 108 valence electrons. The van der Waals surface area contributed by atoms with Crippen LogP contribution in [-0.2, 0) is 0 Å². The highest BCUT2D eigenvalue weighted by Gasteiger charge is 2.13. The van der Waals surface area contributed by atoms with Crippen molar-refractivity contribution in [1.82, 2.24) is 4.98 Å². The molecule has 0 saturated heterocycles. The Labute approximate surface area is 129 Å². The normalized spacial score (nSPS) is 10.2. The summed E-state index contributed by atoms with van der Waals surface area (Å²) in [7, 11) is 0. The van der Waals surface area contributed by atoms with E-state index in [1.165, 1.54) is 24.4 Å². The molecular weight excluding hydrogens is 317 g/mol. The first kappa shape index (κ1) is 15.2. The second kappa shape index (κ2) is 6.07. The molecule has 0 fully saturated rings. The molecule has 0 spiro atoms. The summed E-state index contributed by atoms with van der Waals surface area (Å²) in [5.74, 6) is -0.482. The van der Waals surface area contributed by atoms with Crippen molar-refractivity contribution in [3.05, 3.63) is 61.9 Å². The zero-order chi connectivity index (χ0) is 15.6. The fraction of sp³-hybridized carbons (Fsp3) is 0.0769. The van der Waals surface area contributed by atoms with Crippen LogP contribution >= 0.6 is 23.2 Å². The van der Waals surface area contributed by atoms with Gasteiger partial charge in [-0.2, -0.15) is 0 Å². The van der Waals surface area contributed by atoms with Crippen molar-refractivity contribution in [3.8, 4) is 0 Å². The maximum atomic E-state index is 12.1. The van der Waals surface area contributed by atoms with Crippen LogP contribution in [-0.4, -0.2) is 15.8 Å². The van der Waals surface area contributed by atoms with Gasteiger partial charge in [-0.25, -0.2) is 4.98 Å². The number of hydrogen-bond acceptors (Lipinski definition) is 4. The second-order valence-corrected chi connectivity index (χ2v) is 4.97. The number of carbonyl (C=O) groups is 1. The maximum absolute atomic E-state index is 12.1. The molecule has 0 aliphatic rings. The molecule has 0 saturated carbocycles. The number of rotatable bonds is 3. The van der Waals surface area contributed by atoms with Gasteiger partial charge in [-0.1, -0.05) is 29.3 Å². The lowest BCUT2D eigenvalue weighted by atomic mass is 10.1. The number of nitro groups is 1. The molecule has 8 heteroatoms. The molecule has 0 unspecified atom stereocenters. The number of halogens is 2. The number of pyridine rings is 1. The first-order valence-corrected chi connectivity index (χ1v) is 6.51. The molecule has 0 aliphatic heterocycles. The minimum absolute atomic E-state index is 0.0970. The molecule has 2 aromatic rings. The molecule has 1 N–H and O–H groups in total. The van der Waals surface area contributed by atoms with Crippen LogP contribution in [0.4, 0.5) is 11.4 Å². The van der Waals surface area contributed by atoms with E-state index in [1.807, 2.05) is 0 Å². The lowest BCUT2D eigenvalue weighted by Gasteiger charge is -2.08. The number of aromatic nitrogens is 1. The molecule has 0 aliphatic carbocycles. The van der Waals surface area contributed by atoms with Crippen molar-refractivity contribution in [2.75, 3.05) is 5.32 Å². The summed E-state index contributed by atoms with van der Waals surface area (Å²) in [6.45, 7) is 1.73. The van der Waals surface area contributed by atoms with Gasteiger partial charge in [0.15, 0.2) is 0 Å². The number of nitrogens with one attached hydrogen (secondary N) is 1. The van der Waals surface area contributed by atoms with Gasteiger partial charge >= 0.3 is 0 Å². The Hall–Kier alpha value is -2.18. The predicted octanol–water partition coefficient (Wildman–Crippen LogP) is 3.86. The standard InChI is InChI=1S/C13H9Cl2N3O3/c1-7-2-3-9(18(20)21)5-11(7)17-13(19)8-4-10(14)12(15)16-6-8/h2-6H,1H3,(H,17,19). The van der Waals surface area contributed by atoms with Crippen LogP contribution in [0, 0.1) is 17.0 Å². The molecule has 21 heavy (non-hydrogen) atoms. The third-order valence-corrected chi connectivity index (χ3v) is 3.42. The molecule has 0 atom stereocenters. The largest absolute Gasteiger partial charge is 0.321 e. The maximum Gasteiger partial charge on any atom is 0.271 e. The number of non-ortho nitro benzene ring substituents is 1. The first-order chi connectivity index (χ1) is 9.88. The molecular formula is C13H9Cl2N3O3. The number of hydrogen-bond donors (Lipinski definition) is 1. The highest BCUT2D eigenvalue weighted by Crippen LogP contribution is 2.24. The van der Waals surface area contributed by atoms with Gasteiger partial charge in [0.25, 0.3) is 11.6 Å². The van der Waals surface area contributed by atoms with E-state index in [2.05, 4.69) is 10.3 Å². The van der Waals surface area contributed by atoms with E-state index in [-0.39, 0.29) is 21.4 Å². The SMILES string of the molecule is Cc1ccc([N+](=O)[O-])cc1NC(=O)c1cnc(Cl)c(Cl)c1. The van der Waals surface area contributed by atoms with E-state index in [4.69, 9.17) is 23.2 Å². The minimum atomic E-state index is -0.532. The lowest BCUT2D eigenvalue weighted by molar-refractivity contribution is -0.384. The van der Waals surface area contributed by atoms with Crippen LogP contribution < -0.4 is 5.32 Å². The molecule has 6 nitrogen and oxygen atoms in total. The highest BCUT2D eigenvalue weighted by atomic mass is 35.5. The summed E-state index contributed by atoms with van der Waals surface area (Å²) >= 11 is 11.5. The Kier molecular flexibility index (Phi) is 4.40. The van der Waals surface area contributed by atoms with E-state index in [9.17, 15) is 14.9 Å². The van der Waals surface area contributed by atoms with Crippen molar-refractivity contribution in [3.63, 3.8) is 0 Å². The van der Waals surface area contributed by atoms with Gasteiger partial charge < -0.3 is 5.32 Å². The summed E-state index contributed by atoms with van der Waals surface area (Å²) < 4.78 is 0. The smallest absolute Gasteiger partial charge is 0.271 e. The topological polar surface area (TPSA) is 85.1 Å². The Bertz CT molecular complexity index is 735. The zero-order valence-electron chi connectivity index (χ0n) is 10.8. The number of nitrogens with zero attached hydrogens (tertiary/aromatic N) is 2. The van der Waals surface area contributed by atoms with Gasteiger partial charge in [-0.05, 0) is 18.6 Å². The van der Waals surface area contributed by atoms with Crippen LogP contribution in [0.3, 0.4) is 0 Å². The van der Waals surface area contributed by atoms with E-state index in [0.717, 1.165) is 0 Å². The van der Waals surface area contributed by atoms with Crippen LogP contribution in [0.5, 0.6) is 0 Å². The van der Waals surface area contributed by atoms with E-state index >= 15 is 0 Å². The van der Waals surface area contributed by atoms with Gasteiger partial charge in [0.1, 0.15) is 5.15 Å². The van der Waals surface area contributed by atoms with E-state index in [0.29, 0.717) is 11.3 Å². The van der Waals surface area contributed by atoms with Gasteiger partial charge in [-0.15, -0.1) is 0 Å². The van der Waals surface area contributed by atoms with Crippen LogP contribution in [0.25, 0.3) is 0 Å². The summed E-state index contributed by atoms with van der Waals surface area (Å²) in [6.07, 6.45) is 1.27. The average Bonchev–Trinajstić information content (AvgIpc) is 2.43. The predicted molar refractivity (Wildman–Crippen MR) is 80.0 cm³/mol. The Morgan fingerprint density at radius 2 is 2.05 bits per heavy atom. The fourth-order valence-corrected chi connectivity index (χ4v) is 1.87. The van der Waals surface area contributed by atoms with Crippen LogP contribution in [0.2, 0.25) is 10.2 Å². The van der Waals surface area contributed by atoms with Crippen molar-refractivity contribution in [1.29, 1.82) is 0 Å². The van der Waals surface area contributed by atoms with Gasteiger partial charge in [0, 0.05) is 18.3 Å². The summed E-state index contributed by atoms with van der Waals surface area (Å²) in [4.78, 5) is 26.1. The molecule has 0 radical (unpaired) electrons. The summed E-state index contributed by atoms with van der Waals surface area (Å²) in [5.41, 5.74) is 1.14. The molecule has 1 aromatic heterocycles. The summed E-state index contributed by atoms with van der Waals surface area (Å²) in [5, 5.41) is 13.6. The molecule has 1 heterocycles. The van der Waals surface area contributed by atoms with Gasteiger partial charge in [0.05, 0.1) is 21.2 Å². The molecule has 0 bridgehead atoms. The zero-order valence-corrected chi connectivity index (χ0v) is 12.3. The number of anilines is 1. The number of carbonyl (C=O) groups excluding carboxylic acids is 1. The number of aryl methyl sites for hydroxylation is 1. The first-order valence-electron chi connectivity index (χ1n) is 5.76. The fourth-order valence-electron chi connectivity index (χ4n) is 1.60. The monoisotopic (exact) mass is 325 g/mol. The van der Waals surface area contributed by atoms with Crippen LogP contribution in [0.1, 0.15) is 15.9 Å². The molecule has 1 aromatic carbocycles. The highest BCUT2D eigenvalue weighted by molar-refractivity contribution is 6.41. The van der Waals surface area contributed by atoms with Crippen LogP contribution in [0.15, 0.2) is 30.5 Å².